The molecule has 2 saturated heterocycles. The average molecular weight is 664 g/mol. The number of carbonyl (C=O) groups excluding carboxylic acids is 1. The third-order valence-corrected chi connectivity index (χ3v) is 11.8. The first-order chi connectivity index (χ1) is 19.1. The first-order valence-corrected chi connectivity index (χ1v) is 16.4. The summed E-state index contributed by atoms with van der Waals surface area (Å²) in [5.74, 6) is -0.655. The molecule has 2 N–H and O–H groups in total. The van der Waals surface area contributed by atoms with Gasteiger partial charge in [0.1, 0.15) is 0 Å². The molecular weight excluding hydrogens is 637 g/mol. The number of likely N-dealkylation sites (tertiary alicyclic amines) is 1. The number of carbonyl (C=O) groups is 1. The Morgan fingerprint density at radius 3 is 2.77 bits per heavy atom. The molecule has 1 aliphatic carbocycles. The van der Waals surface area contributed by atoms with Crippen molar-refractivity contribution in [1.82, 2.24) is 19.3 Å². The van der Waals surface area contributed by atoms with E-state index in [0.717, 1.165) is 33.3 Å². The Labute approximate surface area is 238 Å². The predicted molar refractivity (Wildman–Crippen MR) is 138 cm³/mol. The number of piperidine rings is 1. The molecule has 4 heterocycles. The van der Waals surface area contributed by atoms with Crippen molar-refractivity contribution >= 4 is 28.3 Å². The van der Waals surface area contributed by atoms with Gasteiger partial charge in [-0.15, -0.1) is 0 Å². The van der Waals surface area contributed by atoms with E-state index in [1.807, 2.05) is 6.92 Å². The molecule has 1 amide bonds. The molecule has 0 saturated carbocycles. The van der Waals surface area contributed by atoms with E-state index >= 15 is 4.39 Å². The molecule has 0 spiro atoms. The van der Waals surface area contributed by atoms with Gasteiger partial charge in [0.15, 0.2) is 0 Å². The molecule has 2 aromatic heterocycles. The third kappa shape index (κ3) is 3.98. The van der Waals surface area contributed by atoms with Crippen molar-refractivity contribution < 1.29 is 43.6 Å². The summed E-state index contributed by atoms with van der Waals surface area (Å²) in [5.41, 5.74) is 8.93. The normalized spacial score (nSPS) is 24.8. The maximum atomic E-state index is 16.6. The van der Waals surface area contributed by atoms with Crippen LogP contribution in [0.4, 0.5) is 23.4 Å². The van der Waals surface area contributed by atoms with Gasteiger partial charge in [0.05, 0.1) is 0 Å². The zero-order chi connectivity index (χ0) is 27.9. The van der Waals surface area contributed by atoms with Crippen molar-refractivity contribution in [3.8, 4) is 0 Å². The zero-order valence-electron chi connectivity index (χ0n) is 21.7. The molecule has 210 valence electrons. The summed E-state index contributed by atoms with van der Waals surface area (Å²) in [6.45, 7) is 2.44. The second-order valence-corrected chi connectivity index (χ2v) is 14.3. The van der Waals surface area contributed by atoms with Crippen LogP contribution in [0, 0.1) is 17.7 Å². The van der Waals surface area contributed by atoms with Gasteiger partial charge in [-0.05, 0) is 0 Å². The number of aromatic nitrogens is 3. The summed E-state index contributed by atoms with van der Waals surface area (Å²) in [7, 11) is 0. The standard InChI is InChI=1S/C29H27F4IN5O/c1-14-6-17-7-16-8-18(29(31,32)33)2-3-19(16)26(17)38(12-14)28(40)20-9-21-25(23(24(20)30)15-4-5-34-10-15)37-27(35)22-11-36-13-39(21)22/h2-3,8-9,11,13-15,17,26H,4-7,10,12H2,1H3,(H2,35,37)/q-1/t14?,15?,17?,26-/m1/s1. The summed E-state index contributed by atoms with van der Waals surface area (Å²) in [6, 6.07) is 4.97. The van der Waals surface area contributed by atoms with Gasteiger partial charge in [0, 0.05) is 0 Å². The van der Waals surface area contributed by atoms with Gasteiger partial charge in [-0.2, -0.15) is 13.2 Å². The fraction of sp³-hybridized carbons (Fsp3) is 0.414. The number of anilines is 1. The minimum absolute atomic E-state index is 0.0180. The number of benzene rings is 2. The van der Waals surface area contributed by atoms with Crippen LogP contribution >= 0.6 is 0 Å². The first-order valence-electron chi connectivity index (χ1n) is 13.4. The van der Waals surface area contributed by atoms with Gasteiger partial charge in [0.2, 0.25) is 0 Å². The van der Waals surface area contributed by atoms with Crippen molar-refractivity contribution in [2.75, 3.05) is 21.1 Å². The topological polar surface area (TPSA) is 76.5 Å². The van der Waals surface area contributed by atoms with Gasteiger partial charge in [-0.1, -0.05) is 0 Å². The molecule has 7 rings (SSSR count). The Kier molecular flexibility index (Phi) is 6.03. The maximum absolute atomic E-state index is 16.6. The summed E-state index contributed by atoms with van der Waals surface area (Å²) >= 11 is -0.0407. The Hall–Kier alpha value is -2.96. The average Bonchev–Trinajstić information content (AvgIpc) is 3.66. The van der Waals surface area contributed by atoms with Crippen LogP contribution < -0.4 is 26.9 Å². The number of hydrogen-bond acceptors (Lipinski definition) is 4. The summed E-state index contributed by atoms with van der Waals surface area (Å²) in [4.78, 5) is 24.8. The van der Waals surface area contributed by atoms with Crippen molar-refractivity contribution in [3.63, 3.8) is 0 Å². The number of nitrogens with two attached hydrogens (primary N) is 1. The quantitative estimate of drug-likeness (QED) is 0.203. The Morgan fingerprint density at radius 1 is 1.20 bits per heavy atom. The molecule has 3 aliphatic rings. The fourth-order valence-corrected chi connectivity index (χ4v) is 10.3. The summed E-state index contributed by atoms with van der Waals surface area (Å²) in [6.07, 6.45) is 0.858. The van der Waals surface area contributed by atoms with Crippen LogP contribution in [0.5, 0.6) is 0 Å². The number of nitrogen functional groups attached to an aromatic ring is 1. The molecular formula is C29H27F4IN5O-. The second kappa shape index (κ2) is 9.28. The molecule has 0 bridgehead atoms. The number of rotatable bonds is 2. The molecule has 2 fully saturated rings. The summed E-state index contributed by atoms with van der Waals surface area (Å²) < 4.78 is 60.6. The zero-order valence-corrected chi connectivity index (χ0v) is 23.8. The SMILES string of the molecule is CC1CC2Cc3cc(C(F)(F)F)ccc3[C@@H]2N(C(=O)c2cc3c(nc(N)c4cncn43)c(C3CC[I-]C3)c2F)C1. The van der Waals surface area contributed by atoms with E-state index in [0.29, 0.717) is 40.6 Å². The first kappa shape index (κ1) is 26.0. The Bertz CT molecular complexity index is 1680. The van der Waals surface area contributed by atoms with Crippen LogP contribution in [0.1, 0.15) is 64.3 Å². The number of nitrogens with zero attached hydrogens (tertiary/aromatic N) is 4. The van der Waals surface area contributed by atoms with Crippen molar-refractivity contribution in [3.05, 3.63) is 70.4 Å². The van der Waals surface area contributed by atoms with E-state index in [1.165, 1.54) is 12.1 Å². The van der Waals surface area contributed by atoms with Crippen LogP contribution in [-0.2, 0) is 12.6 Å². The van der Waals surface area contributed by atoms with Crippen LogP contribution in [0.15, 0.2) is 36.8 Å². The molecule has 6 nitrogen and oxygen atoms in total. The van der Waals surface area contributed by atoms with Crippen molar-refractivity contribution in [2.45, 2.75) is 44.3 Å². The van der Waals surface area contributed by atoms with Crippen molar-refractivity contribution in [1.29, 1.82) is 0 Å². The van der Waals surface area contributed by atoms with Crippen LogP contribution in [0.25, 0.3) is 16.6 Å². The van der Waals surface area contributed by atoms with Gasteiger partial charge in [-0.25, -0.2) is 0 Å². The fourth-order valence-electron chi connectivity index (χ4n) is 6.99. The van der Waals surface area contributed by atoms with Crippen LogP contribution in [0.2, 0.25) is 0 Å². The van der Waals surface area contributed by atoms with Gasteiger partial charge in [-0.3, -0.25) is 0 Å². The molecule has 0 radical (unpaired) electrons. The Balaban J connectivity index is 1.38. The minimum atomic E-state index is -4.44. The van der Waals surface area contributed by atoms with E-state index in [-0.39, 0.29) is 50.3 Å². The molecule has 11 heteroatoms. The Morgan fingerprint density at radius 2 is 2.02 bits per heavy atom. The molecule has 4 aromatic rings. The monoisotopic (exact) mass is 664 g/mol. The second-order valence-electron chi connectivity index (χ2n) is 11.3. The van der Waals surface area contributed by atoms with Gasteiger partial charge < -0.3 is 0 Å². The number of imidazole rings is 1. The van der Waals surface area contributed by atoms with Gasteiger partial charge in [0.25, 0.3) is 0 Å². The van der Waals surface area contributed by atoms with Crippen LogP contribution in [-0.4, -0.2) is 40.6 Å². The number of halogens is 5. The van der Waals surface area contributed by atoms with E-state index in [2.05, 4.69) is 9.97 Å². The van der Waals surface area contributed by atoms with Crippen LogP contribution in [0.3, 0.4) is 0 Å². The third-order valence-electron chi connectivity index (χ3n) is 8.70. The number of alkyl halides is 5. The molecule has 2 aromatic carbocycles. The predicted octanol–water partition coefficient (Wildman–Crippen LogP) is 2.59. The number of amides is 1. The molecule has 2 aliphatic heterocycles. The van der Waals surface area contributed by atoms with E-state index in [9.17, 15) is 18.0 Å². The molecule has 4 atom stereocenters. The number of hydrogen-bond donors (Lipinski definition) is 1. The summed E-state index contributed by atoms with van der Waals surface area (Å²) in [5, 5.41) is 0. The van der Waals surface area contributed by atoms with Gasteiger partial charge >= 0.3 is 226 Å². The van der Waals surface area contributed by atoms with E-state index < -0.39 is 29.5 Å². The molecule has 3 unspecified atom stereocenters. The van der Waals surface area contributed by atoms with E-state index in [4.69, 9.17) is 5.73 Å². The van der Waals surface area contributed by atoms with E-state index in [1.54, 1.807) is 27.9 Å². The van der Waals surface area contributed by atoms with Crippen molar-refractivity contribution in [2.24, 2.45) is 11.8 Å². The molecule has 40 heavy (non-hydrogen) atoms. The number of fused-ring (bicyclic) bond motifs is 6.